The Morgan fingerprint density at radius 3 is 2.33 bits per heavy atom. The molecule has 0 saturated carbocycles. The Hall–Kier alpha value is -3.21. The highest BCUT2D eigenvalue weighted by atomic mass is 16.3. The summed E-state index contributed by atoms with van der Waals surface area (Å²) in [6.45, 7) is 5.97. The van der Waals surface area contributed by atoms with Gasteiger partial charge in [-0.1, -0.05) is 6.07 Å². The summed E-state index contributed by atoms with van der Waals surface area (Å²) in [5.74, 6) is -5.79. The molecule has 0 aromatic heterocycles. The van der Waals surface area contributed by atoms with Crippen LogP contribution >= 0.6 is 0 Å². The molecular weight excluding hydrogens is 514 g/mol. The van der Waals surface area contributed by atoms with Crippen molar-refractivity contribution in [2.24, 2.45) is 11.8 Å². The van der Waals surface area contributed by atoms with Gasteiger partial charge in [0.1, 0.15) is 22.8 Å². The number of amides is 1. The van der Waals surface area contributed by atoms with Crippen LogP contribution in [0.4, 0.5) is 0 Å². The van der Waals surface area contributed by atoms with E-state index in [1.165, 1.54) is 6.07 Å². The van der Waals surface area contributed by atoms with Gasteiger partial charge in [-0.25, -0.2) is 0 Å². The number of hydrogen-bond acceptors (Lipinski definition) is 9. The number of phenolic OH excluding ortho intramolecular Hbond substituents is 1. The number of aryl methyl sites for hydroxylation is 1. The van der Waals surface area contributed by atoms with Gasteiger partial charge < -0.3 is 30.6 Å². The van der Waals surface area contributed by atoms with E-state index in [4.69, 9.17) is 0 Å². The highest BCUT2D eigenvalue weighted by molar-refractivity contribution is 6.25. The normalized spacial score (nSPS) is 26.7. The average Bonchev–Trinajstić information content (AvgIpc) is 2.81. The molecule has 0 saturated heterocycles. The highest BCUT2D eigenvalue weighted by Crippen LogP contribution is 2.52. The summed E-state index contributed by atoms with van der Waals surface area (Å²) in [5.41, 5.74) is -2.44. The third-order valence-corrected chi connectivity index (χ3v) is 8.22. The number of nitrogens with one attached hydrogen (secondary N) is 1. The molecule has 218 valence electrons. The molecule has 0 bridgehead atoms. The van der Waals surface area contributed by atoms with E-state index < -0.39 is 63.6 Å². The number of likely N-dealkylation sites (N-methyl/N-ethyl adjacent to an activating group) is 1. The molecule has 3 aliphatic rings. The second-order valence-electron chi connectivity index (χ2n) is 12.8. The zero-order chi connectivity index (χ0) is 29.9. The Kier molecular flexibility index (Phi) is 7.68. The lowest BCUT2D eigenvalue weighted by Gasteiger charge is -2.50. The molecular formula is C30H41N3O7. The Balaban J connectivity index is 1.85. The smallest absolute Gasteiger partial charge is 0.258 e. The topological polar surface area (TPSA) is 151 Å². The zero-order valence-corrected chi connectivity index (χ0v) is 24.3. The van der Waals surface area contributed by atoms with Crippen molar-refractivity contribution in [3.8, 4) is 5.75 Å². The van der Waals surface area contributed by atoms with Crippen molar-refractivity contribution in [1.29, 1.82) is 0 Å². The van der Waals surface area contributed by atoms with Crippen molar-refractivity contribution in [3.05, 3.63) is 51.5 Å². The number of carbonyl (C=O) groups is 3. The number of nitrogens with zero attached hydrogens (tertiary/aromatic N) is 2. The van der Waals surface area contributed by atoms with Crippen molar-refractivity contribution in [2.75, 3.05) is 34.7 Å². The molecule has 4 atom stereocenters. The Morgan fingerprint density at radius 2 is 1.75 bits per heavy atom. The van der Waals surface area contributed by atoms with E-state index in [2.05, 4.69) is 10.2 Å². The number of fused-ring (bicyclic) bond motifs is 3. The van der Waals surface area contributed by atoms with Crippen LogP contribution in [0.3, 0.4) is 0 Å². The van der Waals surface area contributed by atoms with E-state index in [0.717, 1.165) is 18.5 Å². The molecule has 10 heteroatoms. The van der Waals surface area contributed by atoms with Crippen LogP contribution in [0.1, 0.15) is 55.1 Å². The lowest BCUT2D eigenvalue weighted by atomic mass is 9.58. The van der Waals surface area contributed by atoms with E-state index in [1.807, 2.05) is 20.2 Å². The number of rotatable bonds is 6. The van der Waals surface area contributed by atoms with Crippen LogP contribution in [0.2, 0.25) is 0 Å². The summed E-state index contributed by atoms with van der Waals surface area (Å²) in [7, 11) is 7.25. The number of phenols is 1. The maximum atomic E-state index is 13.9. The number of allylic oxidation sites excluding steroid dienone is 1. The summed E-state index contributed by atoms with van der Waals surface area (Å²) in [6, 6.07) is 2.29. The maximum Gasteiger partial charge on any atom is 0.258 e. The fourth-order valence-electron chi connectivity index (χ4n) is 6.52. The van der Waals surface area contributed by atoms with Crippen molar-refractivity contribution in [2.45, 2.75) is 63.6 Å². The monoisotopic (exact) mass is 555 g/mol. The van der Waals surface area contributed by atoms with E-state index in [-0.39, 0.29) is 23.3 Å². The van der Waals surface area contributed by atoms with Crippen LogP contribution in [-0.2, 0) is 22.4 Å². The van der Waals surface area contributed by atoms with Gasteiger partial charge in [-0.2, -0.15) is 0 Å². The summed E-state index contributed by atoms with van der Waals surface area (Å²) in [6.07, 6.45) is 1.94. The molecule has 10 nitrogen and oxygen atoms in total. The first-order chi connectivity index (χ1) is 18.5. The van der Waals surface area contributed by atoms with Gasteiger partial charge >= 0.3 is 0 Å². The lowest BCUT2D eigenvalue weighted by molar-refractivity contribution is -0.149. The molecule has 1 aromatic rings. The molecule has 0 aliphatic heterocycles. The molecule has 0 heterocycles. The van der Waals surface area contributed by atoms with Gasteiger partial charge in [0.15, 0.2) is 11.4 Å². The van der Waals surface area contributed by atoms with Crippen LogP contribution in [0.25, 0.3) is 0 Å². The number of Topliss-reactive ketones (excluding diaryl/α,β-unsaturated/α-hetero) is 2. The zero-order valence-electron chi connectivity index (χ0n) is 24.3. The van der Waals surface area contributed by atoms with Gasteiger partial charge in [0, 0.05) is 17.0 Å². The van der Waals surface area contributed by atoms with E-state index in [9.17, 15) is 34.8 Å². The van der Waals surface area contributed by atoms with Gasteiger partial charge in [0.05, 0.1) is 11.6 Å². The van der Waals surface area contributed by atoms with Crippen molar-refractivity contribution < 1.29 is 34.8 Å². The Labute approximate surface area is 235 Å². The van der Waals surface area contributed by atoms with E-state index >= 15 is 0 Å². The lowest BCUT2D eigenvalue weighted by Crippen LogP contribution is -2.64. The standard InChI is InChI=1S/C30H41N3O7/c1-29(2,3)31-28(39)22-25(36)23(33(6)7)18-14-16-13-17-15(9-8-12-32(4)5)10-11-19(34)21(17)24(35)20(16)26(37)30(18,40)27(22)38/h10-11,16,18,23,34,36-37,40H,8-9,12-14H2,1-7H3,(H,31,39)/t16-,18-,23-,30-/m0/s1. The number of carbonyl (C=O) groups excluding carboxylic acids is 3. The highest BCUT2D eigenvalue weighted by Gasteiger charge is 2.63. The summed E-state index contributed by atoms with van der Waals surface area (Å²) in [5, 5.41) is 48.1. The predicted molar refractivity (Wildman–Crippen MR) is 149 cm³/mol. The number of aliphatic hydroxyl groups is 3. The third-order valence-electron chi connectivity index (χ3n) is 8.22. The van der Waals surface area contributed by atoms with E-state index in [1.54, 1.807) is 39.8 Å². The van der Waals surface area contributed by atoms with Gasteiger partial charge in [-0.15, -0.1) is 0 Å². The summed E-state index contributed by atoms with van der Waals surface area (Å²) < 4.78 is 0. The fourth-order valence-corrected chi connectivity index (χ4v) is 6.52. The first kappa shape index (κ1) is 29.8. The minimum absolute atomic E-state index is 0.0682. The first-order valence-electron chi connectivity index (χ1n) is 13.7. The fraction of sp³-hybridized carbons (Fsp3) is 0.567. The first-order valence-corrected chi connectivity index (χ1v) is 13.7. The van der Waals surface area contributed by atoms with Gasteiger partial charge in [-0.05, 0) is 104 Å². The minimum atomic E-state index is -2.61. The number of hydrogen-bond donors (Lipinski definition) is 5. The minimum Gasteiger partial charge on any atom is -0.510 e. The number of aromatic hydroxyl groups is 1. The molecule has 0 unspecified atom stereocenters. The Bertz CT molecular complexity index is 1320. The van der Waals surface area contributed by atoms with E-state index in [0.29, 0.717) is 18.4 Å². The number of aliphatic hydroxyl groups excluding tert-OH is 2. The third kappa shape index (κ3) is 4.82. The van der Waals surface area contributed by atoms with Crippen LogP contribution in [0.15, 0.2) is 34.8 Å². The molecule has 0 radical (unpaired) electrons. The summed E-state index contributed by atoms with van der Waals surface area (Å²) in [4.78, 5) is 44.5. The van der Waals surface area contributed by atoms with Crippen LogP contribution in [0.5, 0.6) is 5.75 Å². The van der Waals surface area contributed by atoms with Crippen LogP contribution in [-0.4, -0.2) is 99.6 Å². The molecule has 40 heavy (non-hydrogen) atoms. The van der Waals surface area contributed by atoms with Gasteiger partial charge in [0.2, 0.25) is 5.78 Å². The molecule has 5 N–H and O–H groups in total. The molecule has 0 spiro atoms. The number of benzene rings is 1. The van der Waals surface area contributed by atoms with Gasteiger partial charge in [-0.3, -0.25) is 19.3 Å². The summed E-state index contributed by atoms with van der Waals surface area (Å²) >= 11 is 0. The van der Waals surface area contributed by atoms with Gasteiger partial charge in [0.25, 0.3) is 5.91 Å². The average molecular weight is 556 g/mol. The van der Waals surface area contributed by atoms with Crippen molar-refractivity contribution >= 4 is 17.5 Å². The largest absolute Gasteiger partial charge is 0.510 e. The van der Waals surface area contributed by atoms with Crippen molar-refractivity contribution in [1.82, 2.24) is 15.1 Å². The molecule has 4 rings (SSSR count). The quantitative estimate of drug-likeness (QED) is 0.332. The van der Waals surface area contributed by atoms with Crippen molar-refractivity contribution in [3.63, 3.8) is 0 Å². The molecule has 1 aromatic carbocycles. The molecule has 3 aliphatic carbocycles. The SMILES string of the molecule is CN(C)CCCc1ccc(O)c2c1C[C@H]1C[C@H]3[C@H](N(C)C)C(O)=C(C(=O)NC(C)(C)C)C(=O)[C@@]3(O)C(O)=C1C2=O. The maximum absolute atomic E-state index is 13.9. The molecule has 0 fully saturated rings. The van der Waals surface area contributed by atoms with Crippen LogP contribution in [0, 0.1) is 11.8 Å². The molecule has 1 amide bonds. The van der Waals surface area contributed by atoms with Crippen LogP contribution < -0.4 is 5.32 Å². The second kappa shape index (κ2) is 10.3. The Morgan fingerprint density at radius 1 is 1.10 bits per heavy atom. The number of ketones is 2. The second-order valence-corrected chi connectivity index (χ2v) is 12.8. The predicted octanol–water partition coefficient (Wildman–Crippen LogP) is 2.04.